The molecule has 0 spiro atoms. The van der Waals surface area contributed by atoms with Crippen molar-refractivity contribution in [1.82, 2.24) is 9.80 Å². The Morgan fingerprint density at radius 3 is 1.05 bits per heavy atom. The van der Waals surface area contributed by atoms with Crippen molar-refractivity contribution in [3.63, 3.8) is 0 Å². The molecule has 0 unspecified atom stereocenters. The summed E-state index contributed by atoms with van der Waals surface area (Å²) in [6, 6.07) is 49.9. The summed E-state index contributed by atoms with van der Waals surface area (Å²) < 4.78 is 0. The van der Waals surface area contributed by atoms with Crippen molar-refractivity contribution in [2.45, 2.75) is 38.3 Å². The Morgan fingerprint density at radius 1 is 0.381 bits per heavy atom. The number of aliphatic hydroxyl groups is 2. The minimum atomic E-state index is -0.124. The lowest BCUT2D eigenvalue weighted by molar-refractivity contribution is 0.108. The van der Waals surface area contributed by atoms with Gasteiger partial charge in [0.2, 0.25) is 0 Å². The molecule has 5 aromatic rings. The second kappa shape index (κ2) is 15.2. The number of nitrogens with zero attached hydrogens (tertiary/aromatic N) is 2. The molecule has 4 heteroatoms. The molecule has 0 bridgehead atoms. The lowest BCUT2D eigenvalue weighted by Crippen LogP contribution is -2.31. The minimum Gasteiger partial charge on any atom is -0.394 e. The zero-order valence-electron chi connectivity index (χ0n) is 24.0. The highest BCUT2D eigenvalue weighted by atomic mass is 16.3. The van der Waals surface area contributed by atoms with Gasteiger partial charge in [-0.3, -0.25) is 9.80 Å². The van der Waals surface area contributed by atoms with Gasteiger partial charge in [-0.1, -0.05) is 146 Å². The molecule has 4 nitrogen and oxygen atoms in total. The van der Waals surface area contributed by atoms with Gasteiger partial charge in [-0.25, -0.2) is 0 Å². The predicted octanol–water partition coefficient (Wildman–Crippen LogP) is 7.16. The van der Waals surface area contributed by atoms with Crippen LogP contribution in [0.4, 0.5) is 0 Å². The van der Waals surface area contributed by atoms with Crippen molar-refractivity contribution in [2.24, 2.45) is 0 Å². The molecule has 0 fully saturated rings. The SMILES string of the molecule is OC[C@@H](c1ccccc1)N(Cc1ccccc1)Cc1cccc(CN(Cc2ccccc2)[C@@H](CO)c2ccccc2)c1. The smallest absolute Gasteiger partial charge is 0.0628 e. The second-order valence-corrected chi connectivity index (χ2v) is 10.8. The summed E-state index contributed by atoms with van der Waals surface area (Å²) in [5.41, 5.74) is 7.02. The Balaban J connectivity index is 1.42. The maximum atomic E-state index is 10.5. The Labute approximate surface area is 250 Å². The third-order valence-electron chi connectivity index (χ3n) is 7.82. The highest BCUT2D eigenvalue weighted by Gasteiger charge is 2.22. The molecule has 0 radical (unpaired) electrons. The van der Waals surface area contributed by atoms with Crippen LogP contribution in [0.25, 0.3) is 0 Å². The fourth-order valence-corrected chi connectivity index (χ4v) is 5.70. The van der Waals surface area contributed by atoms with Gasteiger partial charge in [-0.05, 0) is 33.4 Å². The van der Waals surface area contributed by atoms with Gasteiger partial charge >= 0.3 is 0 Å². The van der Waals surface area contributed by atoms with E-state index in [9.17, 15) is 10.2 Å². The van der Waals surface area contributed by atoms with Gasteiger partial charge < -0.3 is 10.2 Å². The van der Waals surface area contributed by atoms with Gasteiger partial charge in [0, 0.05) is 26.2 Å². The zero-order chi connectivity index (χ0) is 29.0. The average molecular weight is 557 g/mol. The van der Waals surface area contributed by atoms with E-state index >= 15 is 0 Å². The van der Waals surface area contributed by atoms with Crippen LogP contribution in [-0.4, -0.2) is 33.2 Å². The first-order valence-corrected chi connectivity index (χ1v) is 14.7. The van der Waals surface area contributed by atoms with Crippen LogP contribution in [0.3, 0.4) is 0 Å². The average Bonchev–Trinajstić information content (AvgIpc) is 3.04. The molecule has 5 aromatic carbocycles. The number of benzene rings is 5. The molecular formula is C38H40N2O2. The van der Waals surface area contributed by atoms with Gasteiger partial charge in [0.1, 0.15) is 0 Å². The molecular weight excluding hydrogens is 516 g/mol. The number of hydrogen-bond acceptors (Lipinski definition) is 4. The largest absolute Gasteiger partial charge is 0.394 e. The van der Waals surface area contributed by atoms with E-state index in [4.69, 9.17) is 0 Å². The van der Waals surface area contributed by atoms with Crippen LogP contribution in [0.15, 0.2) is 146 Å². The van der Waals surface area contributed by atoms with Crippen LogP contribution in [0.5, 0.6) is 0 Å². The van der Waals surface area contributed by atoms with Crippen molar-refractivity contribution < 1.29 is 10.2 Å². The number of rotatable bonds is 14. The summed E-state index contributed by atoms with van der Waals surface area (Å²) in [5, 5.41) is 21.1. The molecule has 5 rings (SSSR count). The third-order valence-corrected chi connectivity index (χ3v) is 7.82. The number of aliphatic hydroxyl groups excluding tert-OH is 2. The highest BCUT2D eigenvalue weighted by Crippen LogP contribution is 2.28. The van der Waals surface area contributed by atoms with Gasteiger partial charge in [0.25, 0.3) is 0 Å². The van der Waals surface area contributed by atoms with Crippen molar-refractivity contribution in [3.8, 4) is 0 Å². The van der Waals surface area contributed by atoms with Crippen LogP contribution in [0.2, 0.25) is 0 Å². The second-order valence-electron chi connectivity index (χ2n) is 10.8. The summed E-state index contributed by atoms with van der Waals surface area (Å²) in [6.45, 7) is 2.93. The minimum absolute atomic E-state index is 0.0383. The monoisotopic (exact) mass is 556 g/mol. The van der Waals surface area contributed by atoms with Crippen molar-refractivity contribution in [1.29, 1.82) is 0 Å². The summed E-state index contributed by atoms with van der Waals surface area (Å²) >= 11 is 0. The van der Waals surface area contributed by atoms with E-state index in [-0.39, 0.29) is 25.3 Å². The molecule has 2 atom stereocenters. The maximum absolute atomic E-state index is 10.5. The van der Waals surface area contributed by atoms with Crippen LogP contribution in [0, 0.1) is 0 Å². The summed E-state index contributed by atoms with van der Waals surface area (Å²) in [4.78, 5) is 4.71. The molecule has 42 heavy (non-hydrogen) atoms. The molecule has 0 heterocycles. The van der Waals surface area contributed by atoms with E-state index < -0.39 is 0 Å². The fraction of sp³-hybridized carbons (Fsp3) is 0.211. The van der Waals surface area contributed by atoms with E-state index in [2.05, 4.69) is 107 Å². The first-order valence-electron chi connectivity index (χ1n) is 14.7. The van der Waals surface area contributed by atoms with E-state index in [1.165, 1.54) is 22.3 Å². The van der Waals surface area contributed by atoms with Crippen molar-refractivity contribution in [2.75, 3.05) is 13.2 Å². The maximum Gasteiger partial charge on any atom is 0.0628 e. The topological polar surface area (TPSA) is 46.9 Å². The van der Waals surface area contributed by atoms with Gasteiger partial charge in [0.05, 0.1) is 25.3 Å². The van der Waals surface area contributed by atoms with Crippen molar-refractivity contribution >= 4 is 0 Å². The van der Waals surface area contributed by atoms with Gasteiger partial charge in [-0.15, -0.1) is 0 Å². The zero-order valence-corrected chi connectivity index (χ0v) is 24.0. The van der Waals surface area contributed by atoms with Crippen LogP contribution < -0.4 is 0 Å². The molecule has 0 saturated heterocycles. The predicted molar refractivity (Wildman–Crippen MR) is 170 cm³/mol. The summed E-state index contributed by atoms with van der Waals surface area (Å²) in [7, 11) is 0. The first-order chi connectivity index (χ1) is 20.7. The number of hydrogen-bond donors (Lipinski definition) is 2. The Hall–Kier alpha value is -4.06. The fourth-order valence-electron chi connectivity index (χ4n) is 5.70. The first kappa shape index (κ1) is 29.4. The summed E-state index contributed by atoms with van der Waals surface area (Å²) in [6.07, 6.45) is 0. The molecule has 2 N–H and O–H groups in total. The molecule has 0 aliphatic rings. The van der Waals surface area contributed by atoms with Gasteiger partial charge in [0.15, 0.2) is 0 Å². The lowest BCUT2D eigenvalue weighted by atomic mass is 10.0. The van der Waals surface area contributed by atoms with Crippen LogP contribution >= 0.6 is 0 Å². The normalized spacial score (nSPS) is 12.9. The lowest BCUT2D eigenvalue weighted by Gasteiger charge is -2.32. The van der Waals surface area contributed by atoms with E-state index in [0.717, 1.165) is 24.2 Å². The standard InChI is InChI=1S/C38H40N2O2/c41-29-37(35-20-9-3-10-21-35)39(25-31-14-5-1-6-15-31)27-33-18-13-19-34(24-33)28-40(26-32-16-7-2-8-17-32)38(30-42)36-22-11-4-12-23-36/h1-24,37-38,41-42H,25-30H2/t37-,38-/m0/s1. The molecule has 0 aromatic heterocycles. The van der Waals surface area contributed by atoms with E-state index in [1.807, 2.05) is 48.5 Å². The molecule has 0 aliphatic carbocycles. The third kappa shape index (κ3) is 8.03. The Bertz CT molecular complexity index is 1350. The summed E-state index contributed by atoms with van der Waals surface area (Å²) in [5.74, 6) is 0. The molecule has 0 aliphatic heterocycles. The molecule has 0 saturated carbocycles. The van der Waals surface area contributed by atoms with Gasteiger partial charge in [-0.2, -0.15) is 0 Å². The highest BCUT2D eigenvalue weighted by molar-refractivity contribution is 5.27. The van der Waals surface area contributed by atoms with Crippen LogP contribution in [-0.2, 0) is 26.2 Å². The quantitative estimate of drug-likeness (QED) is 0.152. The molecule has 0 amide bonds. The Kier molecular flexibility index (Phi) is 10.7. The van der Waals surface area contributed by atoms with Crippen molar-refractivity contribution in [3.05, 3.63) is 179 Å². The van der Waals surface area contributed by atoms with E-state index in [1.54, 1.807) is 0 Å². The van der Waals surface area contributed by atoms with Crippen LogP contribution in [0.1, 0.15) is 45.5 Å². The molecule has 214 valence electrons. The Morgan fingerprint density at radius 2 is 0.690 bits per heavy atom. The van der Waals surface area contributed by atoms with E-state index in [0.29, 0.717) is 13.1 Å².